The van der Waals surface area contributed by atoms with E-state index in [2.05, 4.69) is 10.3 Å². The summed E-state index contributed by atoms with van der Waals surface area (Å²) in [5.41, 5.74) is 0.582. The minimum atomic E-state index is -0.505. The molecule has 6 nitrogen and oxygen atoms in total. The topological polar surface area (TPSA) is 84.6 Å². The molecule has 1 saturated heterocycles. The van der Waals surface area contributed by atoms with Gasteiger partial charge in [0, 0.05) is 12.1 Å². The molecule has 1 fully saturated rings. The van der Waals surface area contributed by atoms with Crippen molar-refractivity contribution in [2.45, 2.75) is 0 Å². The van der Waals surface area contributed by atoms with Crippen molar-refractivity contribution < 1.29 is 14.1 Å². The largest absolute Gasteiger partial charge is 0.300 e. The molecule has 1 N–H and O–H groups in total. The molecule has 3 rings (SSSR count). The zero-order valence-electron chi connectivity index (χ0n) is 12.1. The number of carbonyl (C=O) groups is 1. The summed E-state index contributed by atoms with van der Waals surface area (Å²) >= 11 is 1.05. The zero-order chi connectivity index (χ0) is 17.1. The summed E-state index contributed by atoms with van der Waals surface area (Å²) in [5.74, 6) is -0.877. The van der Waals surface area contributed by atoms with Gasteiger partial charge in [0.15, 0.2) is 5.17 Å². The van der Waals surface area contributed by atoms with Gasteiger partial charge >= 0.3 is 0 Å². The Kier molecular flexibility index (Phi) is 4.39. The van der Waals surface area contributed by atoms with Crippen LogP contribution < -0.4 is 5.32 Å². The van der Waals surface area contributed by atoms with Gasteiger partial charge in [0.05, 0.1) is 9.83 Å². The first kappa shape index (κ1) is 15.9. The fraction of sp³-hybridized carbons (Fsp3) is 0. The van der Waals surface area contributed by atoms with E-state index in [1.807, 2.05) is 0 Å². The van der Waals surface area contributed by atoms with Crippen LogP contribution in [0.15, 0.2) is 58.4 Å². The number of aliphatic imine (C=N–C) groups is 1. The van der Waals surface area contributed by atoms with E-state index in [-0.39, 0.29) is 22.4 Å². The van der Waals surface area contributed by atoms with Gasteiger partial charge in [-0.05, 0) is 35.5 Å². The second kappa shape index (κ2) is 6.63. The molecule has 0 unspecified atom stereocenters. The van der Waals surface area contributed by atoms with Crippen LogP contribution in [0.4, 0.5) is 15.8 Å². The second-order valence-corrected chi connectivity index (χ2v) is 5.82. The maximum atomic E-state index is 13.6. The van der Waals surface area contributed by atoms with Crippen molar-refractivity contribution in [1.82, 2.24) is 5.32 Å². The molecule has 1 aliphatic heterocycles. The van der Waals surface area contributed by atoms with Crippen molar-refractivity contribution in [3.8, 4) is 0 Å². The number of rotatable bonds is 3. The van der Waals surface area contributed by atoms with E-state index in [4.69, 9.17) is 0 Å². The first-order valence-electron chi connectivity index (χ1n) is 6.81. The number of nitro groups is 1. The van der Waals surface area contributed by atoms with E-state index in [0.29, 0.717) is 10.5 Å². The molecule has 2 aromatic rings. The molecular weight excluding hydrogens is 333 g/mol. The van der Waals surface area contributed by atoms with Crippen LogP contribution in [-0.2, 0) is 4.79 Å². The summed E-state index contributed by atoms with van der Waals surface area (Å²) in [4.78, 5) is 26.7. The van der Waals surface area contributed by atoms with E-state index < -0.39 is 10.7 Å². The number of hydrogen-bond donors (Lipinski definition) is 1. The number of carbonyl (C=O) groups excluding carboxylic acids is 1. The van der Waals surface area contributed by atoms with Crippen molar-refractivity contribution in [3.05, 3.63) is 74.9 Å². The Labute approximate surface area is 140 Å². The number of thioether (sulfide) groups is 1. The molecule has 1 amide bonds. The summed E-state index contributed by atoms with van der Waals surface area (Å²) in [7, 11) is 0. The smallest absolute Gasteiger partial charge is 0.270 e. The molecule has 24 heavy (non-hydrogen) atoms. The van der Waals surface area contributed by atoms with Crippen LogP contribution in [0.3, 0.4) is 0 Å². The van der Waals surface area contributed by atoms with Gasteiger partial charge in [-0.1, -0.05) is 24.3 Å². The Bertz CT molecular complexity index is 896. The molecular formula is C16H10FN3O3S. The highest BCUT2D eigenvalue weighted by molar-refractivity contribution is 8.18. The normalized spacial score (nSPS) is 17.3. The quantitative estimate of drug-likeness (QED) is 0.524. The molecule has 0 aromatic heterocycles. The molecule has 1 heterocycles. The Morgan fingerprint density at radius 3 is 2.75 bits per heavy atom. The average molecular weight is 343 g/mol. The Morgan fingerprint density at radius 2 is 2.00 bits per heavy atom. The molecule has 0 aliphatic carbocycles. The molecule has 0 atom stereocenters. The fourth-order valence-corrected chi connectivity index (χ4v) is 2.85. The minimum Gasteiger partial charge on any atom is -0.300 e. The molecule has 1 aliphatic rings. The van der Waals surface area contributed by atoms with E-state index in [0.717, 1.165) is 11.8 Å². The van der Waals surface area contributed by atoms with Gasteiger partial charge in [-0.2, -0.15) is 0 Å². The number of nitro benzene ring substituents is 1. The lowest BCUT2D eigenvalue weighted by atomic mass is 10.2. The standard InChI is InChI=1S/C16H10FN3O3S/c17-12-6-1-2-7-13(12)18-16-19-15(21)14(24-16)9-10-4-3-5-11(8-10)20(22)23/h1-9H,(H,18,19,21)/b14-9-. The molecule has 0 bridgehead atoms. The highest BCUT2D eigenvalue weighted by atomic mass is 32.2. The zero-order valence-corrected chi connectivity index (χ0v) is 12.9. The lowest BCUT2D eigenvalue weighted by Crippen LogP contribution is -2.19. The Morgan fingerprint density at radius 1 is 1.21 bits per heavy atom. The van der Waals surface area contributed by atoms with Crippen LogP contribution >= 0.6 is 11.8 Å². The third kappa shape index (κ3) is 3.49. The summed E-state index contributed by atoms with van der Waals surface area (Å²) < 4.78 is 13.6. The van der Waals surface area contributed by atoms with Gasteiger partial charge in [-0.15, -0.1) is 0 Å². The fourth-order valence-electron chi connectivity index (χ4n) is 2.01. The van der Waals surface area contributed by atoms with Crippen LogP contribution in [0.25, 0.3) is 6.08 Å². The number of halogens is 1. The third-order valence-electron chi connectivity index (χ3n) is 3.10. The van der Waals surface area contributed by atoms with Crippen molar-refractivity contribution >= 4 is 40.3 Å². The summed E-state index contributed by atoms with van der Waals surface area (Å²) in [6.07, 6.45) is 1.52. The van der Waals surface area contributed by atoms with E-state index in [9.17, 15) is 19.3 Å². The van der Waals surface area contributed by atoms with Crippen LogP contribution in [0, 0.1) is 15.9 Å². The molecule has 0 saturated carbocycles. The monoisotopic (exact) mass is 343 g/mol. The highest BCUT2D eigenvalue weighted by Gasteiger charge is 2.24. The number of amidine groups is 1. The second-order valence-electron chi connectivity index (χ2n) is 4.79. The SMILES string of the molecule is O=C1NC(=Nc2ccccc2F)S/C1=C\c1cccc([N+](=O)[O-])c1. The van der Waals surface area contributed by atoms with E-state index in [1.165, 1.54) is 36.4 Å². The van der Waals surface area contributed by atoms with Gasteiger partial charge in [0.1, 0.15) is 11.5 Å². The van der Waals surface area contributed by atoms with Gasteiger partial charge in [-0.3, -0.25) is 14.9 Å². The number of benzene rings is 2. The minimum absolute atomic E-state index is 0.0620. The summed E-state index contributed by atoms with van der Waals surface area (Å²) in [6, 6.07) is 11.9. The average Bonchev–Trinajstić information content (AvgIpc) is 2.89. The van der Waals surface area contributed by atoms with Gasteiger partial charge in [-0.25, -0.2) is 9.38 Å². The van der Waals surface area contributed by atoms with Gasteiger partial charge in [0.25, 0.3) is 11.6 Å². The lowest BCUT2D eigenvalue weighted by molar-refractivity contribution is -0.384. The Hall–Kier alpha value is -3.00. The maximum Gasteiger partial charge on any atom is 0.270 e. The lowest BCUT2D eigenvalue weighted by Gasteiger charge is -1.97. The highest BCUT2D eigenvalue weighted by Crippen LogP contribution is 2.29. The van der Waals surface area contributed by atoms with Crippen molar-refractivity contribution in [2.75, 3.05) is 0 Å². The summed E-state index contributed by atoms with van der Waals surface area (Å²) in [6.45, 7) is 0. The van der Waals surface area contributed by atoms with Crippen molar-refractivity contribution in [2.24, 2.45) is 4.99 Å². The first-order valence-corrected chi connectivity index (χ1v) is 7.63. The number of amides is 1. The van der Waals surface area contributed by atoms with Crippen LogP contribution in [0.5, 0.6) is 0 Å². The van der Waals surface area contributed by atoms with Gasteiger partial charge < -0.3 is 5.32 Å². The number of nitrogens with zero attached hydrogens (tertiary/aromatic N) is 2. The molecule has 8 heteroatoms. The summed E-state index contributed by atoms with van der Waals surface area (Å²) in [5, 5.41) is 13.6. The number of para-hydroxylation sites is 1. The van der Waals surface area contributed by atoms with E-state index in [1.54, 1.807) is 18.2 Å². The van der Waals surface area contributed by atoms with Crippen LogP contribution in [0.2, 0.25) is 0 Å². The first-order chi connectivity index (χ1) is 11.5. The van der Waals surface area contributed by atoms with Crippen molar-refractivity contribution in [1.29, 1.82) is 0 Å². The van der Waals surface area contributed by atoms with Crippen LogP contribution in [-0.4, -0.2) is 16.0 Å². The Balaban J connectivity index is 1.86. The number of non-ortho nitro benzene ring substituents is 1. The van der Waals surface area contributed by atoms with Crippen LogP contribution in [0.1, 0.15) is 5.56 Å². The number of nitrogens with one attached hydrogen (secondary N) is 1. The molecule has 2 aromatic carbocycles. The third-order valence-corrected chi connectivity index (χ3v) is 4.01. The number of hydrogen-bond acceptors (Lipinski definition) is 5. The maximum absolute atomic E-state index is 13.6. The van der Waals surface area contributed by atoms with Gasteiger partial charge in [0.2, 0.25) is 0 Å². The molecule has 120 valence electrons. The predicted octanol–water partition coefficient (Wildman–Crippen LogP) is 3.63. The molecule has 0 spiro atoms. The molecule has 0 radical (unpaired) electrons. The van der Waals surface area contributed by atoms with Crippen molar-refractivity contribution in [3.63, 3.8) is 0 Å². The van der Waals surface area contributed by atoms with E-state index >= 15 is 0 Å². The predicted molar refractivity (Wildman–Crippen MR) is 90.3 cm³/mol.